The normalized spacial score (nSPS) is 11.5. The smallest absolute Gasteiger partial charge is 0.398 e. The molecule has 0 radical (unpaired) electrons. The third-order valence-electron chi connectivity index (χ3n) is 2.98. The van der Waals surface area contributed by atoms with Gasteiger partial charge in [0.05, 0.1) is 12.2 Å². The minimum atomic E-state index is -4.58. The number of ether oxygens (including phenoxy) is 1. The van der Waals surface area contributed by atoms with Crippen LogP contribution in [0.2, 0.25) is 0 Å². The number of alkyl halides is 3. The Labute approximate surface area is 121 Å². The second kappa shape index (κ2) is 7.31. The zero-order chi connectivity index (χ0) is 16.0. The Morgan fingerprint density at radius 3 is 2.52 bits per heavy atom. The molecule has 0 aromatic heterocycles. The molecule has 0 unspecified atom stereocenters. The quantitative estimate of drug-likeness (QED) is 0.649. The molecule has 0 heterocycles. The van der Waals surface area contributed by atoms with Gasteiger partial charge in [-0.1, -0.05) is 0 Å². The van der Waals surface area contributed by atoms with Gasteiger partial charge < -0.3 is 15.4 Å². The molecule has 0 aliphatic heterocycles. The monoisotopic (exact) mass is 304 g/mol. The van der Waals surface area contributed by atoms with Crippen LogP contribution in [0.5, 0.6) is 0 Å². The highest BCUT2D eigenvalue weighted by Crippen LogP contribution is 2.34. The fourth-order valence-electron chi connectivity index (χ4n) is 1.84. The van der Waals surface area contributed by atoms with E-state index in [0.29, 0.717) is 26.3 Å². The predicted octanol–water partition coefficient (Wildman–Crippen LogP) is 2.79. The molecule has 2 N–H and O–H groups in total. The SMILES string of the molecule is CCOCCN(CC)C(=O)c1ccc(N)c(C(F)(F)F)c1. The van der Waals surface area contributed by atoms with Crippen molar-refractivity contribution in [2.24, 2.45) is 0 Å². The van der Waals surface area contributed by atoms with Crippen molar-refractivity contribution in [3.63, 3.8) is 0 Å². The van der Waals surface area contributed by atoms with E-state index in [1.807, 2.05) is 6.92 Å². The molecule has 0 fully saturated rings. The van der Waals surface area contributed by atoms with Gasteiger partial charge in [0.15, 0.2) is 0 Å². The third kappa shape index (κ3) is 4.63. The molecule has 0 atom stereocenters. The highest BCUT2D eigenvalue weighted by atomic mass is 19.4. The van der Waals surface area contributed by atoms with Crippen molar-refractivity contribution in [3.05, 3.63) is 29.3 Å². The average Bonchev–Trinajstić information content (AvgIpc) is 2.42. The highest BCUT2D eigenvalue weighted by Gasteiger charge is 2.33. The molecule has 4 nitrogen and oxygen atoms in total. The standard InChI is InChI=1S/C14H19F3N2O2/c1-3-19(7-8-21-4-2)13(20)10-5-6-12(18)11(9-10)14(15,16)17/h5-6,9H,3-4,7-8,18H2,1-2H3. The average molecular weight is 304 g/mol. The topological polar surface area (TPSA) is 55.6 Å². The first-order valence-electron chi connectivity index (χ1n) is 6.65. The summed E-state index contributed by atoms with van der Waals surface area (Å²) < 4.78 is 43.6. The molecular weight excluding hydrogens is 285 g/mol. The van der Waals surface area contributed by atoms with Crippen LogP contribution < -0.4 is 5.73 Å². The fraction of sp³-hybridized carbons (Fsp3) is 0.500. The lowest BCUT2D eigenvalue weighted by Crippen LogP contribution is -2.34. The summed E-state index contributed by atoms with van der Waals surface area (Å²) in [5, 5.41) is 0. The molecule has 0 spiro atoms. The zero-order valence-corrected chi connectivity index (χ0v) is 12.0. The van der Waals surface area contributed by atoms with E-state index in [1.165, 1.54) is 11.0 Å². The van der Waals surface area contributed by atoms with E-state index >= 15 is 0 Å². The Morgan fingerprint density at radius 2 is 2.00 bits per heavy atom. The molecule has 0 aliphatic carbocycles. The van der Waals surface area contributed by atoms with Crippen molar-refractivity contribution in [1.82, 2.24) is 4.90 Å². The van der Waals surface area contributed by atoms with Crippen LogP contribution in [0.25, 0.3) is 0 Å². The van der Waals surface area contributed by atoms with Crippen LogP contribution >= 0.6 is 0 Å². The number of carbonyl (C=O) groups excluding carboxylic acids is 1. The molecular formula is C14H19F3N2O2. The summed E-state index contributed by atoms with van der Waals surface area (Å²) in [6, 6.07) is 3.20. The molecule has 1 aromatic carbocycles. The number of nitrogens with zero attached hydrogens (tertiary/aromatic N) is 1. The van der Waals surface area contributed by atoms with Gasteiger partial charge in [-0.15, -0.1) is 0 Å². The largest absolute Gasteiger partial charge is 0.418 e. The maximum Gasteiger partial charge on any atom is 0.418 e. The van der Waals surface area contributed by atoms with E-state index in [1.54, 1.807) is 6.92 Å². The maximum atomic E-state index is 12.8. The molecule has 21 heavy (non-hydrogen) atoms. The molecule has 118 valence electrons. The summed E-state index contributed by atoms with van der Waals surface area (Å²) in [5.74, 6) is -0.470. The van der Waals surface area contributed by atoms with E-state index in [4.69, 9.17) is 10.5 Å². The molecule has 0 bridgehead atoms. The number of halogens is 3. The lowest BCUT2D eigenvalue weighted by atomic mass is 10.1. The van der Waals surface area contributed by atoms with Crippen LogP contribution in [0, 0.1) is 0 Å². The second-order valence-corrected chi connectivity index (χ2v) is 4.38. The van der Waals surface area contributed by atoms with Crippen LogP contribution in [0.15, 0.2) is 18.2 Å². The first-order chi connectivity index (χ1) is 9.81. The van der Waals surface area contributed by atoms with Crippen LogP contribution in [0.3, 0.4) is 0 Å². The van der Waals surface area contributed by atoms with E-state index < -0.39 is 23.3 Å². The van der Waals surface area contributed by atoms with Crippen LogP contribution in [0.4, 0.5) is 18.9 Å². The van der Waals surface area contributed by atoms with Crippen molar-refractivity contribution in [2.75, 3.05) is 32.0 Å². The zero-order valence-electron chi connectivity index (χ0n) is 12.0. The van der Waals surface area contributed by atoms with Crippen LogP contribution in [-0.2, 0) is 10.9 Å². The van der Waals surface area contributed by atoms with E-state index in [0.717, 1.165) is 12.1 Å². The molecule has 1 aromatic rings. The Morgan fingerprint density at radius 1 is 1.33 bits per heavy atom. The van der Waals surface area contributed by atoms with Gasteiger partial charge in [-0.2, -0.15) is 13.2 Å². The van der Waals surface area contributed by atoms with Gasteiger partial charge in [-0.05, 0) is 32.0 Å². The van der Waals surface area contributed by atoms with Gasteiger partial charge in [-0.25, -0.2) is 0 Å². The number of benzene rings is 1. The molecule has 1 rings (SSSR count). The van der Waals surface area contributed by atoms with E-state index in [-0.39, 0.29) is 5.56 Å². The number of nitrogen functional groups attached to an aromatic ring is 1. The van der Waals surface area contributed by atoms with Crippen molar-refractivity contribution < 1.29 is 22.7 Å². The number of carbonyl (C=O) groups is 1. The molecule has 7 heteroatoms. The van der Waals surface area contributed by atoms with Crippen molar-refractivity contribution in [1.29, 1.82) is 0 Å². The van der Waals surface area contributed by atoms with Gasteiger partial charge in [-0.3, -0.25) is 4.79 Å². The fourth-order valence-corrected chi connectivity index (χ4v) is 1.84. The minimum absolute atomic E-state index is 0.0325. The molecule has 0 aliphatic rings. The molecule has 0 saturated carbocycles. The summed E-state index contributed by atoms with van der Waals surface area (Å²) in [5.41, 5.74) is 3.90. The van der Waals surface area contributed by atoms with Gasteiger partial charge in [0, 0.05) is 30.9 Å². The lowest BCUT2D eigenvalue weighted by Gasteiger charge is -2.21. The Bertz CT molecular complexity index is 490. The first-order valence-corrected chi connectivity index (χ1v) is 6.65. The number of amides is 1. The number of nitrogens with two attached hydrogens (primary N) is 1. The third-order valence-corrected chi connectivity index (χ3v) is 2.98. The summed E-state index contributed by atoms with van der Waals surface area (Å²) in [4.78, 5) is 13.7. The van der Waals surface area contributed by atoms with Gasteiger partial charge in [0.25, 0.3) is 5.91 Å². The molecule has 0 saturated heterocycles. The maximum absolute atomic E-state index is 12.8. The van der Waals surface area contributed by atoms with Gasteiger partial charge in [0.2, 0.25) is 0 Å². The second-order valence-electron chi connectivity index (χ2n) is 4.38. The van der Waals surface area contributed by atoms with E-state index in [9.17, 15) is 18.0 Å². The number of hydrogen-bond acceptors (Lipinski definition) is 3. The van der Waals surface area contributed by atoms with Gasteiger partial charge in [0.1, 0.15) is 0 Å². The Kier molecular flexibility index (Phi) is 6.02. The van der Waals surface area contributed by atoms with Crippen molar-refractivity contribution in [2.45, 2.75) is 20.0 Å². The number of likely N-dealkylation sites (N-methyl/N-ethyl adjacent to an activating group) is 1. The summed E-state index contributed by atoms with van der Waals surface area (Å²) in [6.07, 6.45) is -4.58. The lowest BCUT2D eigenvalue weighted by molar-refractivity contribution is -0.136. The Balaban J connectivity index is 2.96. The van der Waals surface area contributed by atoms with Gasteiger partial charge >= 0.3 is 6.18 Å². The highest BCUT2D eigenvalue weighted by molar-refractivity contribution is 5.95. The predicted molar refractivity (Wildman–Crippen MR) is 73.9 cm³/mol. The van der Waals surface area contributed by atoms with Crippen LogP contribution in [-0.4, -0.2) is 37.1 Å². The minimum Gasteiger partial charge on any atom is -0.398 e. The van der Waals surface area contributed by atoms with Crippen molar-refractivity contribution >= 4 is 11.6 Å². The summed E-state index contributed by atoms with van der Waals surface area (Å²) >= 11 is 0. The van der Waals surface area contributed by atoms with E-state index in [2.05, 4.69) is 0 Å². The Hall–Kier alpha value is -1.76. The molecule has 1 amide bonds. The summed E-state index contributed by atoms with van der Waals surface area (Å²) in [7, 11) is 0. The number of rotatable bonds is 6. The van der Waals surface area contributed by atoms with Crippen LogP contribution in [0.1, 0.15) is 29.8 Å². The number of anilines is 1. The summed E-state index contributed by atoms with van der Waals surface area (Å²) in [6.45, 7) is 5.16. The van der Waals surface area contributed by atoms with Crippen molar-refractivity contribution in [3.8, 4) is 0 Å². The first kappa shape index (κ1) is 17.3. The number of hydrogen-bond donors (Lipinski definition) is 1.